The Labute approximate surface area is 240 Å². The molecule has 8 nitrogen and oxygen atoms in total. The lowest BCUT2D eigenvalue weighted by atomic mass is 10.0. The molecular formula is C33H36N6O2. The smallest absolute Gasteiger partial charge is 0.228 e. The number of hydrogen-bond donors (Lipinski definition) is 3. The molecule has 3 aliphatic rings. The molecule has 0 radical (unpaired) electrons. The van der Waals surface area contributed by atoms with E-state index in [1.165, 1.54) is 19.3 Å². The number of fused-ring (bicyclic) bond motifs is 1. The maximum absolute atomic E-state index is 12.9. The predicted octanol–water partition coefficient (Wildman–Crippen LogP) is 6.33. The molecule has 1 amide bonds. The highest BCUT2D eigenvalue weighted by atomic mass is 16.5. The average Bonchev–Trinajstić information content (AvgIpc) is 3.92. The van der Waals surface area contributed by atoms with Gasteiger partial charge in [0.15, 0.2) is 0 Å². The van der Waals surface area contributed by atoms with Gasteiger partial charge in [0.2, 0.25) is 17.7 Å². The molecule has 3 fully saturated rings. The SMILES string of the molecule is Cc1ccc2c(NC(=O)C[C@H]3CC3C3CC3)cccc2c1Oc1ncccc1-c1ccnc(N[C@H]2CCCNC2)n1. The van der Waals surface area contributed by atoms with Crippen LogP contribution in [0.3, 0.4) is 0 Å². The summed E-state index contributed by atoms with van der Waals surface area (Å²) in [5, 5.41) is 11.9. The van der Waals surface area contributed by atoms with Gasteiger partial charge in [-0.15, -0.1) is 0 Å². The maximum atomic E-state index is 12.9. The van der Waals surface area contributed by atoms with Crippen LogP contribution in [0.25, 0.3) is 22.0 Å². The summed E-state index contributed by atoms with van der Waals surface area (Å²) >= 11 is 0. The van der Waals surface area contributed by atoms with Crippen LogP contribution in [-0.4, -0.2) is 40.0 Å². The van der Waals surface area contributed by atoms with Gasteiger partial charge in [-0.1, -0.05) is 24.3 Å². The summed E-state index contributed by atoms with van der Waals surface area (Å²) in [6, 6.07) is 16.1. The molecule has 8 heteroatoms. The van der Waals surface area contributed by atoms with Gasteiger partial charge in [0.25, 0.3) is 0 Å². The van der Waals surface area contributed by atoms with Gasteiger partial charge in [0, 0.05) is 47.9 Å². The van der Waals surface area contributed by atoms with Crippen molar-refractivity contribution < 1.29 is 9.53 Å². The summed E-state index contributed by atoms with van der Waals surface area (Å²) in [4.78, 5) is 26.8. The number of piperidine rings is 1. The molecule has 3 N–H and O–H groups in total. The van der Waals surface area contributed by atoms with Crippen molar-refractivity contribution in [2.45, 2.75) is 51.5 Å². The van der Waals surface area contributed by atoms with Gasteiger partial charge in [-0.3, -0.25) is 4.79 Å². The van der Waals surface area contributed by atoms with Crippen molar-refractivity contribution in [3.8, 4) is 22.9 Å². The van der Waals surface area contributed by atoms with Crippen molar-refractivity contribution in [2.24, 2.45) is 17.8 Å². The number of pyridine rings is 1. The minimum absolute atomic E-state index is 0.0953. The lowest BCUT2D eigenvalue weighted by Gasteiger charge is -2.23. The highest BCUT2D eigenvalue weighted by Crippen LogP contribution is 2.55. The number of nitrogens with zero attached hydrogens (tertiary/aromatic N) is 3. The second kappa shape index (κ2) is 11.1. The summed E-state index contributed by atoms with van der Waals surface area (Å²) in [5.41, 5.74) is 3.32. The normalized spacial score (nSPS) is 21.8. The standard InChI is InChI=1S/C33H36N6O2/c1-20-9-12-24-25(6-2-8-28(24)38-30(40)18-22-17-27(22)21-10-11-21)31(20)41-32-26(7-4-15-35-32)29-13-16-36-33(39-29)37-23-5-3-14-34-19-23/h2,4,6-9,12-13,15-16,21-23,27,34H,3,5,10-11,14,17-19H2,1H3,(H,38,40)(H,36,37,39)/t22-,23+,27?/m1/s1. The number of carbonyl (C=O) groups excluding carboxylic acids is 1. The van der Waals surface area contributed by atoms with Crippen molar-refractivity contribution in [1.29, 1.82) is 0 Å². The predicted molar refractivity (Wildman–Crippen MR) is 161 cm³/mol. The van der Waals surface area contributed by atoms with E-state index in [-0.39, 0.29) is 5.91 Å². The number of aryl methyl sites for hydroxylation is 1. The third kappa shape index (κ3) is 5.75. The molecule has 3 atom stereocenters. The van der Waals surface area contributed by atoms with Crippen LogP contribution in [0, 0.1) is 24.7 Å². The van der Waals surface area contributed by atoms with Crippen LogP contribution in [-0.2, 0) is 4.79 Å². The first-order valence-corrected chi connectivity index (χ1v) is 14.9. The first kappa shape index (κ1) is 25.9. The average molecular weight is 549 g/mol. The maximum Gasteiger partial charge on any atom is 0.228 e. The highest BCUT2D eigenvalue weighted by Gasteiger charge is 2.47. The molecule has 2 aromatic heterocycles. The van der Waals surface area contributed by atoms with E-state index in [4.69, 9.17) is 9.72 Å². The minimum atomic E-state index is 0.0953. The van der Waals surface area contributed by atoms with Crippen LogP contribution in [0.5, 0.6) is 11.6 Å². The van der Waals surface area contributed by atoms with Crippen LogP contribution in [0.4, 0.5) is 11.6 Å². The Kier molecular flexibility index (Phi) is 7.00. The molecule has 0 bridgehead atoms. The topological polar surface area (TPSA) is 101 Å². The van der Waals surface area contributed by atoms with Gasteiger partial charge in [0.05, 0.1) is 11.3 Å². The zero-order valence-corrected chi connectivity index (χ0v) is 23.4. The van der Waals surface area contributed by atoms with E-state index < -0.39 is 0 Å². The number of benzene rings is 2. The Hall–Kier alpha value is -4.04. The van der Waals surface area contributed by atoms with Crippen LogP contribution in [0.1, 0.15) is 44.1 Å². The molecule has 210 valence electrons. The molecular weight excluding hydrogens is 512 g/mol. The second-order valence-corrected chi connectivity index (χ2v) is 11.8. The molecule has 1 aliphatic heterocycles. The zero-order valence-electron chi connectivity index (χ0n) is 23.4. The molecule has 2 saturated carbocycles. The van der Waals surface area contributed by atoms with Crippen LogP contribution in [0.15, 0.2) is 60.9 Å². The zero-order chi connectivity index (χ0) is 27.8. The third-order valence-corrected chi connectivity index (χ3v) is 8.67. The van der Waals surface area contributed by atoms with Crippen molar-refractivity contribution in [3.05, 3.63) is 66.5 Å². The molecule has 3 heterocycles. The minimum Gasteiger partial charge on any atom is -0.437 e. The number of aromatic nitrogens is 3. The fourth-order valence-corrected chi connectivity index (χ4v) is 6.23. The molecule has 41 heavy (non-hydrogen) atoms. The number of carbonyl (C=O) groups is 1. The van der Waals surface area contributed by atoms with E-state index >= 15 is 0 Å². The Bertz CT molecular complexity index is 1580. The van der Waals surface area contributed by atoms with Crippen molar-refractivity contribution in [3.63, 3.8) is 0 Å². The quantitative estimate of drug-likeness (QED) is 0.225. The summed E-state index contributed by atoms with van der Waals surface area (Å²) in [7, 11) is 0. The Balaban J connectivity index is 1.14. The van der Waals surface area contributed by atoms with E-state index in [0.29, 0.717) is 30.2 Å². The van der Waals surface area contributed by atoms with Gasteiger partial charge < -0.3 is 20.7 Å². The van der Waals surface area contributed by atoms with Gasteiger partial charge in [-0.25, -0.2) is 15.0 Å². The monoisotopic (exact) mass is 548 g/mol. The van der Waals surface area contributed by atoms with Gasteiger partial charge in [-0.05, 0) is 93.2 Å². The molecule has 4 aromatic rings. The number of nitrogens with one attached hydrogen (secondary N) is 3. The molecule has 1 unspecified atom stereocenters. The first-order chi connectivity index (χ1) is 20.1. The first-order valence-electron chi connectivity index (χ1n) is 14.9. The molecule has 1 saturated heterocycles. The lowest BCUT2D eigenvalue weighted by Crippen LogP contribution is -2.38. The summed E-state index contributed by atoms with van der Waals surface area (Å²) in [6.07, 6.45) is 10.2. The molecule has 0 spiro atoms. The van der Waals surface area contributed by atoms with E-state index in [9.17, 15) is 4.79 Å². The van der Waals surface area contributed by atoms with E-state index in [0.717, 1.165) is 76.8 Å². The second-order valence-electron chi connectivity index (χ2n) is 11.8. The highest BCUT2D eigenvalue weighted by molar-refractivity contribution is 6.04. The summed E-state index contributed by atoms with van der Waals surface area (Å²) in [6.45, 7) is 3.98. The fraction of sp³-hybridized carbons (Fsp3) is 0.394. The number of ether oxygens (including phenoxy) is 1. The van der Waals surface area contributed by atoms with Crippen LogP contribution < -0.4 is 20.7 Å². The Morgan fingerprint density at radius 3 is 2.80 bits per heavy atom. The molecule has 2 aliphatic carbocycles. The molecule has 7 rings (SSSR count). The van der Waals surface area contributed by atoms with Crippen molar-refractivity contribution in [2.75, 3.05) is 23.7 Å². The van der Waals surface area contributed by atoms with Gasteiger partial charge in [0.1, 0.15) is 5.75 Å². The Morgan fingerprint density at radius 2 is 1.95 bits per heavy atom. The van der Waals surface area contributed by atoms with Gasteiger partial charge >= 0.3 is 0 Å². The number of rotatable bonds is 9. The summed E-state index contributed by atoms with van der Waals surface area (Å²) in [5.74, 6) is 4.09. The number of hydrogen-bond acceptors (Lipinski definition) is 7. The lowest BCUT2D eigenvalue weighted by molar-refractivity contribution is -0.116. The third-order valence-electron chi connectivity index (χ3n) is 8.67. The summed E-state index contributed by atoms with van der Waals surface area (Å²) < 4.78 is 6.57. The fourth-order valence-electron chi connectivity index (χ4n) is 6.23. The largest absolute Gasteiger partial charge is 0.437 e. The van der Waals surface area contributed by atoms with Crippen molar-refractivity contribution >= 4 is 28.3 Å². The molecule has 2 aromatic carbocycles. The van der Waals surface area contributed by atoms with Crippen molar-refractivity contribution in [1.82, 2.24) is 20.3 Å². The van der Waals surface area contributed by atoms with E-state index in [2.05, 4.69) is 32.0 Å². The number of anilines is 2. The Morgan fingerprint density at radius 1 is 1.02 bits per heavy atom. The van der Waals surface area contributed by atoms with E-state index in [1.54, 1.807) is 12.4 Å². The van der Waals surface area contributed by atoms with Crippen LogP contribution >= 0.6 is 0 Å². The van der Waals surface area contributed by atoms with Gasteiger partial charge in [-0.2, -0.15) is 0 Å². The van der Waals surface area contributed by atoms with Crippen LogP contribution in [0.2, 0.25) is 0 Å². The van der Waals surface area contributed by atoms with E-state index in [1.807, 2.05) is 49.4 Å². The number of amides is 1.